The molecule has 0 saturated heterocycles. The van der Waals surface area contributed by atoms with Gasteiger partial charge in [0.05, 0.1) is 17.1 Å². The molecule has 0 amide bonds. The summed E-state index contributed by atoms with van der Waals surface area (Å²) in [5.41, 5.74) is 0.729. The number of hydrogen-bond acceptors (Lipinski definition) is 5. The molecular weight excluding hydrogens is 272 g/mol. The maximum atomic E-state index is 11.8. The van der Waals surface area contributed by atoms with Crippen LogP contribution in [0.25, 0.3) is 0 Å². The minimum atomic E-state index is -0.459. The largest absolute Gasteiger partial charge is 0.462 e. The van der Waals surface area contributed by atoms with Gasteiger partial charge in [-0.05, 0) is 31.9 Å². The van der Waals surface area contributed by atoms with E-state index in [9.17, 15) is 14.9 Å². The summed E-state index contributed by atoms with van der Waals surface area (Å²) in [4.78, 5) is 22.4. The van der Waals surface area contributed by atoms with Gasteiger partial charge < -0.3 is 10.1 Å². The van der Waals surface area contributed by atoms with Crippen molar-refractivity contribution in [3.63, 3.8) is 0 Å². The first-order chi connectivity index (χ1) is 10.1. The number of rotatable bonds is 5. The van der Waals surface area contributed by atoms with Crippen LogP contribution < -0.4 is 5.32 Å². The summed E-state index contributed by atoms with van der Waals surface area (Å²) in [6, 6.07) is 4.54. The van der Waals surface area contributed by atoms with Crippen molar-refractivity contribution in [2.75, 3.05) is 11.9 Å². The van der Waals surface area contributed by atoms with E-state index >= 15 is 0 Å². The lowest BCUT2D eigenvalue weighted by molar-refractivity contribution is -0.384. The predicted octanol–water partition coefficient (Wildman–Crippen LogP) is 3.52. The van der Waals surface area contributed by atoms with E-state index in [0.29, 0.717) is 11.3 Å². The summed E-state index contributed by atoms with van der Waals surface area (Å²) in [5, 5.41) is 14.3. The maximum absolute atomic E-state index is 11.8. The van der Waals surface area contributed by atoms with Crippen molar-refractivity contribution in [1.29, 1.82) is 0 Å². The lowest BCUT2D eigenvalue weighted by Crippen LogP contribution is -2.23. The Morgan fingerprint density at radius 2 is 2.10 bits per heavy atom. The summed E-state index contributed by atoms with van der Waals surface area (Å²) < 4.78 is 4.94. The molecule has 0 atom stereocenters. The molecule has 114 valence electrons. The molecule has 6 nitrogen and oxygen atoms in total. The Kier molecular flexibility index (Phi) is 5.14. The Morgan fingerprint density at radius 3 is 2.71 bits per heavy atom. The monoisotopic (exact) mass is 292 g/mol. The smallest absolute Gasteiger partial charge is 0.338 e. The standard InChI is InChI=1S/C15H20N2O4/c1-2-21-15(18)11-8-9-14(17(19)20)13(10-11)16-12-6-4-3-5-7-12/h8-10,12,16H,2-7H2,1H3. The molecule has 1 aliphatic carbocycles. The van der Waals surface area contributed by atoms with Crippen molar-refractivity contribution in [1.82, 2.24) is 0 Å². The molecular formula is C15H20N2O4. The van der Waals surface area contributed by atoms with E-state index in [4.69, 9.17) is 4.74 Å². The summed E-state index contributed by atoms with van der Waals surface area (Å²) >= 11 is 0. The molecule has 6 heteroatoms. The molecule has 0 aliphatic heterocycles. The number of nitro benzene ring substituents is 1. The minimum absolute atomic E-state index is 0.00591. The van der Waals surface area contributed by atoms with Crippen molar-refractivity contribution >= 4 is 17.3 Å². The van der Waals surface area contributed by atoms with E-state index in [1.165, 1.54) is 24.6 Å². The molecule has 2 rings (SSSR count). The van der Waals surface area contributed by atoms with Crippen LogP contribution in [0.4, 0.5) is 11.4 Å². The lowest BCUT2D eigenvalue weighted by Gasteiger charge is -2.23. The van der Waals surface area contributed by atoms with Crippen molar-refractivity contribution in [3.05, 3.63) is 33.9 Å². The van der Waals surface area contributed by atoms with Crippen LogP contribution in [0.5, 0.6) is 0 Å². The van der Waals surface area contributed by atoms with E-state index in [1.807, 2.05) is 0 Å². The molecule has 0 bridgehead atoms. The van der Waals surface area contributed by atoms with Crippen molar-refractivity contribution < 1.29 is 14.5 Å². The average molecular weight is 292 g/mol. The fourth-order valence-electron chi connectivity index (χ4n) is 2.62. The van der Waals surface area contributed by atoms with Crippen LogP contribution in [0.2, 0.25) is 0 Å². The Balaban J connectivity index is 2.23. The molecule has 0 heterocycles. The first-order valence-corrected chi connectivity index (χ1v) is 7.34. The van der Waals surface area contributed by atoms with Gasteiger partial charge in [0.1, 0.15) is 5.69 Å². The van der Waals surface area contributed by atoms with Crippen LogP contribution in [0.15, 0.2) is 18.2 Å². The van der Waals surface area contributed by atoms with Crippen LogP contribution in [-0.4, -0.2) is 23.5 Å². The topological polar surface area (TPSA) is 81.5 Å². The molecule has 1 aromatic rings. The molecule has 0 aromatic heterocycles. The second-order valence-corrected chi connectivity index (χ2v) is 5.19. The first kappa shape index (κ1) is 15.3. The molecule has 0 spiro atoms. The van der Waals surface area contributed by atoms with Gasteiger partial charge in [0, 0.05) is 12.1 Å². The fraction of sp³-hybridized carbons (Fsp3) is 0.533. The molecule has 0 radical (unpaired) electrons. The van der Waals surface area contributed by atoms with E-state index in [0.717, 1.165) is 25.7 Å². The first-order valence-electron chi connectivity index (χ1n) is 7.34. The highest BCUT2D eigenvalue weighted by Crippen LogP contribution is 2.29. The lowest BCUT2D eigenvalue weighted by atomic mass is 9.95. The zero-order valence-corrected chi connectivity index (χ0v) is 12.1. The van der Waals surface area contributed by atoms with Gasteiger partial charge in [0.25, 0.3) is 5.69 Å². The highest BCUT2D eigenvalue weighted by Gasteiger charge is 2.21. The van der Waals surface area contributed by atoms with Crippen LogP contribution >= 0.6 is 0 Å². The molecule has 1 fully saturated rings. The normalized spacial score (nSPS) is 15.5. The van der Waals surface area contributed by atoms with E-state index in [1.54, 1.807) is 6.92 Å². The van der Waals surface area contributed by atoms with Gasteiger partial charge in [-0.25, -0.2) is 4.79 Å². The number of anilines is 1. The Labute approximate surface area is 123 Å². The second kappa shape index (κ2) is 7.06. The third kappa shape index (κ3) is 3.93. The molecule has 1 aromatic carbocycles. The van der Waals surface area contributed by atoms with Gasteiger partial charge in [0.2, 0.25) is 0 Å². The highest BCUT2D eigenvalue weighted by molar-refractivity contribution is 5.91. The highest BCUT2D eigenvalue weighted by atomic mass is 16.6. The van der Waals surface area contributed by atoms with Gasteiger partial charge >= 0.3 is 5.97 Å². The number of carbonyl (C=O) groups is 1. The quantitative estimate of drug-likeness (QED) is 0.510. The van der Waals surface area contributed by atoms with E-state index in [2.05, 4.69) is 5.32 Å². The summed E-state index contributed by atoms with van der Waals surface area (Å²) in [6.07, 6.45) is 5.47. The molecule has 1 aliphatic rings. The number of ether oxygens (including phenoxy) is 1. The van der Waals surface area contributed by atoms with E-state index in [-0.39, 0.29) is 18.3 Å². The third-order valence-corrected chi connectivity index (χ3v) is 3.67. The van der Waals surface area contributed by atoms with Crippen LogP contribution in [0.3, 0.4) is 0 Å². The van der Waals surface area contributed by atoms with Gasteiger partial charge in [-0.1, -0.05) is 19.3 Å². The second-order valence-electron chi connectivity index (χ2n) is 5.19. The van der Waals surface area contributed by atoms with Crippen LogP contribution in [0.1, 0.15) is 49.4 Å². The SMILES string of the molecule is CCOC(=O)c1ccc([N+](=O)[O-])c(NC2CCCCC2)c1. The van der Waals surface area contributed by atoms with E-state index < -0.39 is 10.9 Å². The Bertz CT molecular complexity index is 524. The Morgan fingerprint density at radius 1 is 1.38 bits per heavy atom. The van der Waals surface area contributed by atoms with Gasteiger partial charge in [-0.2, -0.15) is 0 Å². The summed E-state index contributed by atoms with van der Waals surface area (Å²) in [7, 11) is 0. The third-order valence-electron chi connectivity index (χ3n) is 3.67. The number of nitro groups is 1. The number of hydrogen-bond donors (Lipinski definition) is 1. The van der Waals surface area contributed by atoms with Gasteiger partial charge in [-0.3, -0.25) is 10.1 Å². The minimum Gasteiger partial charge on any atom is -0.462 e. The van der Waals surface area contributed by atoms with Crippen molar-refractivity contribution in [2.24, 2.45) is 0 Å². The van der Waals surface area contributed by atoms with Crippen molar-refractivity contribution in [2.45, 2.75) is 45.1 Å². The van der Waals surface area contributed by atoms with Crippen LogP contribution in [-0.2, 0) is 4.74 Å². The summed E-state index contributed by atoms with van der Waals surface area (Å²) in [5.74, 6) is -0.459. The number of benzene rings is 1. The zero-order valence-electron chi connectivity index (χ0n) is 12.1. The number of carbonyl (C=O) groups excluding carboxylic acids is 1. The molecule has 1 N–H and O–H groups in total. The average Bonchev–Trinajstić information content (AvgIpc) is 2.48. The number of nitrogens with one attached hydrogen (secondary N) is 1. The van der Waals surface area contributed by atoms with Crippen LogP contribution in [0, 0.1) is 10.1 Å². The predicted molar refractivity (Wildman–Crippen MR) is 79.5 cm³/mol. The number of nitrogens with zero attached hydrogens (tertiary/aromatic N) is 1. The number of esters is 1. The Hall–Kier alpha value is -2.11. The molecule has 0 unspecified atom stereocenters. The maximum Gasteiger partial charge on any atom is 0.338 e. The molecule has 21 heavy (non-hydrogen) atoms. The van der Waals surface area contributed by atoms with Crippen molar-refractivity contribution in [3.8, 4) is 0 Å². The fourth-order valence-corrected chi connectivity index (χ4v) is 2.62. The van der Waals surface area contributed by atoms with Gasteiger partial charge in [-0.15, -0.1) is 0 Å². The molecule has 1 saturated carbocycles. The zero-order chi connectivity index (χ0) is 15.2. The summed E-state index contributed by atoms with van der Waals surface area (Å²) in [6.45, 7) is 2.01. The van der Waals surface area contributed by atoms with Gasteiger partial charge in [0.15, 0.2) is 0 Å².